The second-order valence-corrected chi connectivity index (χ2v) is 11.5. The van der Waals surface area contributed by atoms with E-state index in [-0.39, 0.29) is 29.4 Å². The molecule has 2 aromatic carbocycles. The molecule has 1 atom stereocenters. The van der Waals surface area contributed by atoms with Crippen LogP contribution in [-0.2, 0) is 4.79 Å². The number of fused-ring (bicyclic) bond motifs is 2. The number of nitriles is 1. The fraction of sp³-hybridized carbons (Fsp3) is 0.375. The maximum atomic E-state index is 14.2. The molecular formula is C32H34ClN9O2. The zero-order valence-electron chi connectivity index (χ0n) is 24.9. The molecule has 0 saturated carbocycles. The van der Waals surface area contributed by atoms with Gasteiger partial charge in [-0.2, -0.15) is 20.0 Å². The lowest BCUT2D eigenvalue weighted by molar-refractivity contribution is -0.128. The van der Waals surface area contributed by atoms with Crippen LogP contribution in [0.3, 0.4) is 0 Å². The Kier molecular flexibility index (Phi) is 8.21. The van der Waals surface area contributed by atoms with Gasteiger partial charge >= 0.3 is 0 Å². The Labute approximate surface area is 260 Å². The number of aromatic nitrogens is 4. The molecule has 2 fully saturated rings. The second kappa shape index (κ2) is 12.2. The third-order valence-electron chi connectivity index (χ3n) is 8.71. The first-order valence-corrected chi connectivity index (χ1v) is 15.3. The summed E-state index contributed by atoms with van der Waals surface area (Å²) < 4.78 is 1.35. The summed E-state index contributed by atoms with van der Waals surface area (Å²) in [5, 5.41) is 16.8. The van der Waals surface area contributed by atoms with Gasteiger partial charge in [-0.1, -0.05) is 56.3 Å². The van der Waals surface area contributed by atoms with Gasteiger partial charge in [-0.3, -0.25) is 14.5 Å². The largest absolute Gasteiger partial charge is 0.352 e. The lowest BCUT2D eigenvalue weighted by atomic mass is 10.1. The van der Waals surface area contributed by atoms with Gasteiger partial charge in [-0.05, 0) is 36.7 Å². The van der Waals surface area contributed by atoms with E-state index in [0.717, 1.165) is 37.0 Å². The molecule has 44 heavy (non-hydrogen) atoms. The average Bonchev–Trinajstić information content (AvgIpc) is 3.02. The summed E-state index contributed by atoms with van der Waals surface area (Å²) >= 11 is 6.61. The molecule has 11 nitrogen and oxygen atoms in total. The van der Waals surface area contributed by atoms with Gasteiger partial charge in [0.15, 0.2) is 0 Å². The number of likely N-dealkylation sites (N-methyl/N-ethyl adjacent to an activating group) is 1. The number of nitrogens with zero attached hydrogens (tertiary/aromatic N) is 9. The molecule has 4 heterocycles. The van der Waals surface area contributed by atoms with Gasteiger partial charge in [-0.15, -0.1) is 0 Å². The van der Waals surface area contributed by atoms with Gasteiger partial charge in [0.1, 0.15) is 11.3 Å². The Balaban J connectivity index is 1.47. The highest BCUT2D eigenvalue weighted by Gasteiger charge is 2.35. The first kappa shape index (κ1) is 29.5. The van der Waals surface area contributed by atoms with Crippen molar-refractivity contribution in [1.82, 2.24) is 29.5 Å². The minimum Gasteiger partial charge on any atom is -0.352 e. The molecule has 0 N–H and O–H groups in total. The summed E-state index contributed by atoms with van der Waals surface area (Å²) in [5.41, 5.74) is 0.435. The minimum absolute atomic E-state index is 0.163. The fourth-order valence-corrected chi connectivity index (χ4v) is 6.61. The van der Waals surface area contributed by atoms with E-state index in [9.17, 15) is 14.9 Å². The number of amides is 1. The number of carbonyl (C=O) groups is 1. The molecule has 2 saturated heterocycles. The van der Waals surface area contributed by atoms with Crippen LogP contribution in [0.1, 0.15) is 20.3 Å². The van der Waals surface area contributed by atoms with Crippen LogP contribution in [0, 0.1) is 11.3 Å². The van der Waals surface area contributed by atoms with Crippen molar-refractivity contribution in [3.8, 4) is 11.8 Å². The van der Waals surface area contributed by atoms with Gasteiger partial charge in [0.05, 0.1) is 40.8 Å². The Morgan fingerprint density at radius 3 is 2.57 bits per heavy atom. The first-order chi connectivity index (χ1) is 21.4. The molecule has 0 radical (unpaired) electrons. The Morgan fingerprint density at radius 1 is 1.11 bits per heavy atom. The van der Waals surface area contributed by atoms with Crippen molar-refractivity contribution in [3.05, 3.63) is 70.6 Å². The van der Waals surface area contributed by atoms with Gasteiger partial charge in [0.2, 0.25) is 11.9 Å². The summed E-state index contributed by atoms with van der Waals surface area (Å²) in [5.74, 6) is 0.834. The van der Waals surface area contributed by atoms with Crippen molar-refractivity contribution in [2.24, 2.45) is 0 Å². The molecule has 6 rings (SSSR count). The highest BCUT2D eigenvalue weighted by molar-refractivity contribution is 6.36. The molecule has 226 valence electrons. The highest BCUT2D eigenvalue weighted by atomic mass is 35.5. The van der Waals surface area contributed by atoms with E-state index in [4.69, 9.17) is 21.6 Å². The van der Waals surface area contributed by atoms with Crippen LogP contribution in [0.2, 0.25) is 5.02 Å². The Hall–Kier alpha value is -4.53. The van der Waals surface area contributed by atoms with Crippen molar-refractivity contribution >= 4 is 50.9 Å². The third-order valence-corrected chi connectivity index (χ3v) is 9.03. The SMILES string of the molecule is C=CC(=O)N1CCN(c2nc(N3CC(N(CC)CC)C3)nc3c(=O)n(-c4cccc5cccc(Cl)c45)ncc23)C[C@H]1CC#N. The highest BCUT2D eigenvalue weighted by Crippen LogP contribution is 2.32. The smallest absolute Gasteiger partial charge is 0.298 e. The van der Waals surface area contributed by atoms with Crippen molar-refractivity contribution in [2.45, 2.75) is 32.4 Å². The predicted molar refractivity (Wildman–Crippen MR) is 173 cm³/mol. The minimum atomic E-state index is -0.380. The van der Waals surface area contributed by atoms with Crippen LogP contribution in [0.4, 0.5) is 11.8 Å². The summed E-state index contributed by atoms with van der Waals surface area (Å²) in [6, 6.07) is 13.5. The predicted octanol–water partition coefficient (Wildman–Crippen LogP) is 3.63. The van der Waals surface area contributed by atoms with Crippen LogP contribution < -0.4 is 15.4 Å². The molecule has 1 amide bonds. The van der Waals surface area contributed by atoms with E-state index in [1.807, 2.05) is 35.2 Å². The van der Waals surface area contributed by atoms with Crippen LogP contribution >= 0.6 is 11.6 Å². The number of hydrogen-bond acceptors (Lipinski definition) is 9. The van der Waals surface area contributed by atoms with Gasteiger partial charge in [0, 0.05) is 44.2 Å². The van der Waals surface area contributed by atoms with Crippen molar-refractivity contribution < 1.29 is 4.79 Å². The van der Waals surface area contributed by atoms with E-state index >= 15 is 0 Å². The topological polar surface area (TPSA) is 114 Å². The molecular weight excluding hydrogens is 578 g/mol. The molecule has 0 spiro atoms. The number of benzene rings is 2. The maximum absolute atomic E-state index is 14.2. The first-order valence-electron chi connectivity index (χ1n) is 14.9. The van der Waals surface area contributed by atoms with E-state index in [1.54, 1.807) is 17.2 Å². The summed E-state index contributed by atoms with van der Waals surface area (Å²) in [7, 11) is 0. The zero-order chi connectivity index (χ0) is 31.0. The number of carbonyl (C=O) groups excluding carboxylic acids is 1. The molecule has 4 aromatic rings. The van der Waals surface area contributed by atoms with E-state index in [1.165, 1.54) is 10.8 Å². The number of hydrogen-bond donors (Lipinski definition) is 0. The van der Waals surface area contributed by atoms with Crippen LogP contribution in [-0.4, -0.2) is 93.4 Å². The molecule has 0 aliphatic carbocycles. The van der Waals surface area contributed by atoms with E-state index in [2.05, 4.69) is 41.4 Å². The maximum Gasteiger partial charge on any atom is 0.298 e. The van der Waals surface area contributed by atoms with E-state index in [0.29, 0.717) is 53.5 Å². The quantitative estimate of drug-likeness (QED) is 0.276. The van der Waals surface area contributed by atoms with Crippen molar-refractivity contribution in [1.29, 1.82) is 5.26 Å². The second-order valence-electron chi connectivity index (χ2n) is 11.1. The molecule has 2 aliphatic rings. The zero-order valence-corrected chi connectivity index (χ0v) is 25.6. The van der Waals surface area contributed by atoms with Crippen molar-refractivity contribution in [3.63, 3.8) is 0 Å². The van der Waals surface area contributed by atoms with Gasteiger partial charge < -0.3 is 14.7 Å². The monoisotopic (exact) mass is 611 g/mol. The molecule has 0 bridgehead atoms. The number of halogens is 1. The lowest BCUT2D eigenvalue weighted by Gasteiger charge is -2.45. The van der Waals surface area contributed by atoms with Gasteiger partial charge in [0.25, 0.3) is 5.56 Å². The van der Waals surface area contributed by atoms with Crippen LogP contribution in [0.25, 0.3) is 27.4 Å². The van der Waals surface area contributed by atoms with Crippen LogP contribution in [0.15, 0.2) is 60.0 Å². The third kappa shape index (κ3) is 5.14. The van der Waals surface area contributed by atoms with Crippen LogP contribution in [0.5, 0.6) is 0 Å². The number of rotatable bonds is 8. The van der Waals surface area contributed by atoms with Gasteiger partial charge in [-0.25, -0.2) is 4.98 Å². The summed E-state index contributed by atoms with van der Waals surface area (Å²) in [6.07, 6.45) is 3.07. The Bertz CT molecular complexity index is 1840. The fourth-order valence-electron chi connectivity index (χ4n) is 6.33. The number of anilines is 2. The molecule has 12 heteroatoms. The summed E-state index contributed by atoms with van der Waals surface area (Å²) in [4.78, 5) is 44.8. The Morgan fingerprint density at radius 2 is 1.86 bits per heavy atom. The normalized spacial score (nSPS) is 17.2. The molecule has 2 aliphatic heterocycles. The molecule has 2 aromatic heterocycles. The average molecular weight is 612 g/mol. The lowest BCUT2D eigenvalue weighted by Crippen LogP contribution is -2.60. The summed E-state index contributed by atoms with van der Waals surface area (Å²) in [6.45, 7) is 12.6. The van der Waals surface area contributed by atoms with E-state index < -0.39 is 0 Å². The molecule has 0 unspecified atom stereocenters. The van der Waals surface area contributed by atoms with Crippen molar-refractivity contribution in [2.75, 3.05) is 55.6 Å². The number of piperazine rings is 1. The standard InChI is InChI=1S/C32H34ClN9O2/c1-4-27(43)41-16-15-39(18-22(41)13-14-34)30-24-17-35-42(26-12-8-10-21-9-7-11-25(33)28(21)26)31(44)29(24)36-32(37-30)40-19-23(20-40)38(5-2)6-3/h4,7-12,17,22-23H,1,5-6,13,15-16,18-20H2,2-3H3/t22-/m1/s1.